The summed E-state index contributed by atoms with van der Waals surface area (Å²) in [5, 5.41) is 16.0. The van der Waals surface area contributed by atoms with Crippen LogP contribution in [0.1, 0.15) is 53.2 Å². The topological polar surface area (TPSA) is 97.1 Å². The Morgan fingerprint density at radius 2 is 1.96 bits per heavy atom. The van der Waals surface area contributed by atoms with Crippen LogP contribution in [0.25, 0.3) is 0 Å². The average Bonchev–Trinajstić information content (AvgIpc) is 2.89. The number of aromatic nitrogens is 3. The predicted octanol–water partition coefficient (Wildman–Crippen LogP) is 2.03. The maximum absolute atomic E-state index is 12.4. The van der Waals surface area contributed by atoms with Crippen molar-refractivity contribution >= 4 is 11.9 Å². The van der Waals surface area contributed by atoms with E-state index in [4.69, 9.17) is 5.11 Å². The predicted molar refractivity (Wildman–Crippen MR) is 84.1 cm³/mol. The van der Waals surface area contributed by atoms with Gasteiger partial charge in [-0.2, -0.15) is 5.10 Å². The first-order valence-electron chi connectivity index (χ1n) is 7.17. The molecule has 0 spiro atoms. The lowest BCUT2D eigenvalue weighted by atomic mass is 9.83. The zero-order valence-corrected chi connectivity index (χ0v) is 13.6. The summed E-state index contributed by atoms with van der Waals surface area (Å²) in [5.41, 5.74) is 0.908. The Balaban J connectivity index is 2.22. The van der Waals surface area contributed by atoms with Crippen LogP contribution in [0.2, 0.25) is 0 Å². The summed E-state index contributed by atoms with van der Waals surface area (Å²) in [5.74, 6) is -1.43. The largest absolute Gasteiger partial charge is 0.477 e. The van der Waals surface area contributed by atoms with E-state index < -0.39 is 5.97 Å². The zero-order valence-electron chi connectivity index (χ0n) is 13.6. The summed E-state index contributed by atoms with van der Waals surface area (Å²) in [4.78, 5) is 27.0. The fraction of sp³-hybridized carbons (Fsp3) is 0.375. The van der Waals surface area contributed by atoms with Crippen LogP contribution in [0.15, 0.2) is 30.7 Å². The molecule has 0 saturated carbocycles. The Hall–Kier alpha value is -2.70. The third-order valence-corrected chi connectivity index (χ3v) is 3.44. The molecule has 2 N–H and O–H groups in total. The Morgan fingerprint density at radius 3 is 2.39 bits per heavy atom. The fourth-order valence-corrected chi connectivity index (χ4v) is 2.26. The van der Waals surface area contributed by atoms with Crippen LogP contribution in [-0.4, -0.2) is 31.7 Å². The number of hydrogen-bond donors (Lipinski definition) is 2. The van der Waals surface area contributed by atoms with Gasteiger partial charge < -0.3 is 10.4 Å². The molecular formula is C16H20N4O3. The van der Waals surface area contributed by atoms with Crippen LogP contribution in [0, 0.1) is 5.41 Å². The van der Waals surface area contributed by atoms with E-state index in [1.54, 1.807) is 10.9 Å². The first-order chi connectivity index (χ1) is 10.7. The number of nitrogens with one attached hydrogen (secondary N) is 1. The zero-order chi connectivity index (χ0) is 17.2. The summed E-state index contributed by atoms with van der Waals surface area (Å²) < 4.78 is 1.68. The summed E-state index contributed by atoms with van der Waals surface area (Å²) in [7, 11) is 1.82. The van der Waals surface area contributed by atoms with Crippen molar-refractivity contribution in [2.24, 2.45) is 12.5 Å². The highest BCUT2D eigenvalue weighted by Crippen LogP contribution is 2.32. The number of carboxylic acids is 1. The molecule has 0 aliphatic carbocycles. The number of hydrogen-bond acceptors (Lipinski definition) is 4. The third-order valence-electron chi connectivity index (χ3n) is 3.44. The molecule has 2 aromatic rings. The molecular weight excluding hydrogens is 296 g/mol. The van der Waals surface area contributed by atoms with Gasteiger partial charge in [-0.05, 0) is 17.5 Å². The highest BCUT2D eigenvalue weighted by molar-refractivity contribution is 5.95. The van der Waals surface area contributed by atoms with E-state index >= 15 is 0 Å². The SMILES string of the molecule is Cn1cc(C(NC(=O)c2ccc(C(=O)O)nc2)C(C)(C)C)cn1. The standard InChI is InChI=1S/C16H20N4O3/c1-16(2,3)13(11-8-18-20(4)9-11)19-14(21)10-5-6-12(15(22)23)17-7-10/h5-9,13H,1-4H3,(H,19,21)(H,22,23). The van der Waals surface area contributed by atoms with Crippen LogP contribution in [0.3, 0.4) is 0 Å². The lowest BCUT2D eigenvalue weighted by Crippen LogP contribution is -2.36. The number of carbonyl (C=O) groups is 2. The second-order valence-electron chi connectivity index (χ2n) is 6.46. The van der Waals surface area contributed by atoms with E-state index in [2.05, 4.69) is 15.4 Å². The Kier molecular flexibility index (Phi) is 4.49. The Bertz CT molecular complexity index is 714. The molecule has 2 rings (SSSR count). The molecule has 23 heavy (non-hydrogen) atoms. The molecule has 0 saturated heterocycles. The first-order valence-corrected chi connectivity index (χ1v) is 7.17. The lowest BCUT2D eigenvalue weighted by Gasteiger charge is -2.30. The number of nitrogens with zero attached hydrogens (tertiary/aromatic N) is 3. The van der Waals surface area contributed by atoms with Gasteiger partial charge in [-0.25, -0.2) is 9.78 Å². The molecule has 1 unspecified atom stereocenters. The van der Waals surface area contributed by atoms with Gasteiger partial charge in [-0.15, -0.1) is 0 Å². The molecule has 0 aliphatic rings. The lowest BCUT2D eigenvalue weighted by molar-refractivity contribution is 0.0689. The van der Waals surface area contributed by atoms with Crippen molar-refractivity contribution in [2.75, 3.05) is 0 Å². The number of carboxylic acid groups (broad SMARTS) is 1. The fourth-order valence-electron chi connectivity index (χ4n) is 2.26. The summed E-state index contributed by atoms with van der Waals surface area (Å²) in [6.07, 6.45) is 4.85. The molecule has 122 valence electrons. The summed E-state index contributed by atoms with van der Waals surface area (Å²) >= 11 is 0. The molecule has 2 aromatic heterocycles. The van der Waals surface area contributed by atoms with Crippen molar-refractivity contribution in [3.63, 3.8) is 0 Å². The second-order valence-corrected chi connectivity index (χ2v) is 6.46. The van der Waals surface area contributed by atoms with Gasteiger partial charge >= 0.3 is 5.97 Å². The molecule has 0 fully saturated rings. The molecule has 0 bridgehead atoms. The Morgan fingerprint density at radius 1 is 1.26 bits per heavy atom. The van der Waals surface area contributed by atoms with Crippen molar-refractivity contribution in [3.05, 3.63) is 47.5 Å². The smallest absolute Gasteiger partial charge is 0.354 e. The van der Waals surface area contributed by atoms with Crippen LogP contribution in [-0.2, 0) is 7.05 Å². The van der Waals surface area contributed by atoms with Crippen molar-refractivity contribution in [3.8, 4) is 0 Å². The van der Waals surface area contributed by atoms with Gasteiger partial charge in [0.1, 0.15) is 5.69 Å². The number of carbonyl (C=O) groups excluding carboxylic acids is 1. The maximum Gasteiger partial charge on any atom is 0.354 e. The number of pyridine rings is 1. The minimum Gasteiger partial charge on any atom is -0.477 e. The van der Waals surface area contributed by atoms with Crippen LogP contribution >= 0.6 is 0 Å². The van der Waals surface area contributed by atoms with Crippen molar-refractivity contribution in [2.45, 2.75) is 26.8 Å². The van der Waals surface area contributed by atoms with Crippen molar-refractivity contribution < 1.29 is 14.7 Å². The van der Waals surface area contributed by atoms with E-state index in [0.717, 1.165) is 5.56 Å². The maximum atomic E-state index is 12.4. The van der Waals surface area contributed by atoms with E-state index in [1.165, 1.54) is 18.3 Å². The van der Waals surface area contributed by atoms with Gasteiger partial charge in [0, 0.05) is 25.0 Å². The molecule has 0 aliphatic heterocycles. The molecule has 7 heteroatoms. The molecule has 0 aromatic carbocycles. The normalized spacial score (nSPS) is 12.7. The highest BCUT2D eigenvalue weighted by Gasteiger charge is 2.29. The van der Waals surface area contributed by atoms with Gasteiger partial charge in [0.05, 0.1) is 17.8 Å². The number of aromatic carboxylic acids is 1. The van der Waals surface area contributed by atoms with Gasteiger partial charge in [0.25, 0.3) is 5.91 Å². The van der Waals surface area contributed by atoms with Gasteiger partial charge in [-0.1, -0.05) is 20.8 Å². The van der Waals surface area contributed by atoms with Crippen LogP contribution in [0.5, 0.6) is 0 Å². The summed E-state index contributed by atoms with van der Waals surface area (Å²) in [6, 6.07) is 2.53. The molecule has 1 amide bonds. The average molecular weight is 316 g/mol. The molecule has 7 nitrogen and oxygen atoms in total. The van der Waals surface area contributed by atoms with E-state index in [-0.39, 0.29) is 23.1 Å². The summed E-state index contributed by atoms with van der Waals surface area (Å²) in [6.45, 7) is 6.07. The van der Waals surface area contributed by atoms with Crippen LogP contribution < -0.4 is 5.32 Å². The highest BCUT2D eigenvalue weighted by atomic mass is 16.4. The third kappa shape index (κ3) is 3.94. The van der Waals surface area contributed by atoms with Crippen LogP contribution in [0.4, 0.5) is 0 Å². The molecule has 0 radical (unpaired) electrons. The number of amides is 1. The van der Waals surface area contributed by atoms with Gasteiger partial charge in [0.15, 0.2) is 0 Å². The quantitative estimate of drug-likeness (QED) is 0.899. The van der Waals surface area contributed by atoms with Gasteiger partial charge in [0.2, 0.25) is 0 Å². The minimum atomic E-state index is -1.13. The number of aryl methyl sites for hydroxylation is 1. The molecule has 2 heterocycles. The van der Waals surface area contributed by atoms with Gasteiger partial charge in [-0.3, -0.25) is 9.48 Å². The number of rotatable bonds is 4. The second kappa shape index (κ2) is 6.20. The minimum absolute atomic E-state index is 0.0961. The molecule has 1 atom stereocenters. The first kappa shape index (κ1) is 16.7. The monoisotopic (exact) mass is 316 g/mol. The van der Waals surface area contributed by atoms with Crippen molar-refractivity contribution in [1.82, 2.24) is 20.1 Å². The van der Waals surface area contributed by atoms with E-state index in [0.29, 0.717) is 5.56 Å². The van der Waals surface area contributed by atoms with E-state index in [1.807, 2.05) is 34.0 Å². The van der Waals surface area contributed by atoms with E-state index in [9.17, 15) is 9.59 Å². The van der Waals surface area contributed by atoms with Crippen molar-refractivity contribution in [1.29, 1.82) is 0 Å². The Labute approximate surface area is 134 Å².